The fraction of sp³-hybridized carbons (Fsp3) is 0.477. The summed E-state index contributed by atoms with van der Waals surface area (Å²) in [4.78, 5) is 70.8. The fourth-order valence-corrected chi connectivity index (χ4v) is 8.43. The topological polar surface area (TPSA) is 166 Å². The predicted octanol–water partition coefficient (Wildman–Crippen LogP) is 6.13. The third-order valence-electron chi connectivity index (χ3n) is 11.7. The smallest absolute Gasteiger partial charge is 0.407 e. The largest absolute Gasteiger partial charge is 0.453 e. The van der Waals surface area contributed by atoms with Crippen LogP contribution < -0.4 is 26.6 Å². The second-order valence-corrected chi connectivity index (χ2v) is 16.2. The van der Waals surface area contributed by atoms with Crippen molar-refractivity contribution in [1.29, 1.82) is 0 Å². The number of anilines is 3. The summed E-state index contributed by atoms with van der Waals surface area (Å²) in [5, 5.41) is 8.60. The molecule has 5 N–H and O–H groups in total. The summed E-state index contributed by atoms with van der Waals surface area (Å²) in [5.74, 6) is -1.61. The van der Waals surface area contributed by atoms with Gasteiger partial charge in [0.2, 0.25) is 23.6 Å². The normalized spacial score (nSPS) is 21.6. The molecule has 310 valence electrons. The highest BCUT2D eigenvalue weighted by Crippen LogP contribution is 2.47. The Hall–Kier alpha value is -5.50. The van der Waals surface area contributed by atoms with Gasteiger partial charge in [0.05, 0.1) is 25.2 Å². The quantitative estimate of drug-likeness (QED) is 0.170. The van der Waals surface area contributed by atoms with E-state index in [1.165, 1.54) is 19.2 Å². The van der Waals surface area contributed by atoms with Gasteiger partial charge >= 0.3 is 6.09 Å². The van der Waals surface area contributed by atoms with Crippen LogP contribution in [-0.2, 0) is 23.9 Å². The molecule has 13 nitrogen and oxygen atoms in total. The summed E-state index contributed by atoms with van der Waals surface area (Å²) in [5.41, 5.74) is 10.3. The van der Waals surface area contributed by atoms with E-state index < -0.39 is 30.3 Å². The number of hydrogen-bond acceptors (Lipinski definition) is 8. The van der Waals surface area contributed by atoms with Crippen molar-refractivity contribution in [1.82, 2.24) is 15.1 Å². The number of likely N-dealkylation sites (tertiary alicyclic amines) is 2. The lowest BCUT2D eigenvalue weighted by Gasteiger charge is -2.33. The highest BCUT2D eigenvalue weighted by atomic mass is 19.1. The number of benzene rings is 3. The molecule has 3 heterocycles. The Balaban J connectivity index is 1.14. The number of nitrogens with zero attached hydrogens (tertiary/aromatic N) is 3. The van der Waals surface area contributed by atoms with Crippen LogP contribution in [-0.4, -0.2) is 83.9 Å². The summed E-state index contributed by atoms with van der Waals surface area (Å²) in [7, 11) is 1.24. The fourth-order valence-electron chi connectivity index (χ4n) is 8.43. The zero-order chi connectivity index (χ0) is 41.7. The molecule has 0 aromatic heterocycles. The third kappa shape index (κ3) is 9.28. The molecule has 0 radical (unpaired) electrons. The number of ether oxygens (including phenoxy) is 1. The first-order valence-electron chi connectivity index (χ1n) is 20.3. The van der Waals surface area contributed by atoms with E-state index in [4.69, 9.17) is 10.5 Å². The number of alkyl carbamates (subject to hydrolysis) is 1. The van der Waals surface area contributed by atoms with Crippen LogP contribution in [0.3, 0.4) is 0 Å². The number of carbonyl (C=O) groups is 5. The van der Waals surface area contributed by atoms with Crippen molar-refractivity contribution in [3.8, 4) is 0 Å². The van der Waals surface area contributed by atoms with Crippen molar-refractivity contribution in [2.24, 2.45) is 17.6 Å². The summed E-state index contributed by atoms with van der Waals surface area (Å²) < 4.78 is 18.8. The van der Waals surface area contributed by atoms with Crippen molar-refractivity contribution in [3.05, 3.63) is 89.7 Å². The average Bonchev–Trinajstić information content (AvgIpc) is 4.01. The molecule has 3 aromatic rings. The van der Waals surface area contributed by atoms with E-state index in [2.05, 4.69) is 20.9 Å². The van der Waals surface area contributed by atoms with Gasteiger partial charge in [-0.3, -0.25) is 19.2 Å². The Bertz CT molecular complexity index is 1940. The lowest BCUT2D eigenvalue weighted by molar-refractivity contribution is -0.139. The van der Waals surface area contributed by atoms with Crippen molar-refractivity contribution in [2.45, 2.75) is 102 Å². The van der Waals surface area contributed by atoms with Crippen LogP contribution in [0.4, 0.5) is 26.2 Å². The molecule has 6 rings (SSSR count). The molecule has 0 bridgehead atoms. The molecule has 5 amide bonds. The van der Waals surface area contributed by atoms with Gasteiger partial charge in [0.15, 0.2) is 0 Å². The first-order valence-corrected chi connectivity index (χ1v) is 20.3. The van der Waals surface area contributed by atoms with Gasteiger partial charge in [-0.1, -0.05) is 52.0 Å². The number of hydrogen-bond donors (Lipinski definition) is 4. The van der Waals surface area contributed by atoms with Gasteiger partial charge in [0.1, 0.15) is 23.9 Å². The molecular formula is C44H56FN7O6. The van der Waals surface area contributed by atoms with E-state index in [0.717, 1.165) is 36.1 Å². The molecule has 3 fully saturated rings. The lowest BCUT2D eigenvalue weighted by Crippen LogP contribution is -2.54. The minimum absolute atomic E-state index is 0.0299. The van der Waals surface area contributed by atoms with Gasteiger partial charge in [-0.2, -0.15) is 0 Å². The van der Waals surface area contributed by atoms with Crippen molar-refractivity contribution < 1.29 is 33.1 Å². The Labute approximate surface area is 339 Å². The molecule has 0 saturated carbocycles. The second-order valence-electron chi connectivity index (χ2n) is 16.2. The number of nitrogens with one attached hydrogen (secondary N) is 3. The van der Waals surface area contributed by atoms with Crippen LogP contribution in [0.1, 0.15) is 89.4 Å². The first-order chi connectivity index (χ1) is 27.8. The van der Waals surface area contributed by atoms with Crippen LogP contribution in [0.25, 0.3) is 0 Å². The molecule has 0 spiro atoms. The lowest BCUT2D eigenvalue weighted by atomic mass is 10.0. The molecule has 58 heavy (non-hydrogen) atoms. The van der Waals surface area contributed by atoms with Crippen LogP contribution in [0.15, 0.2) is 72.8 Å². The number of nitrogens with two attached hydrogens (primary N) is 1. The third-order valence-corrected chi connectivity index (χ3v) is 11.7. The number of amides is 5. The second kappa shape index (κ2) is 18.4. The molecule has 0 unspecified atom stereocenters. The molecule has 3 aliphatic heterocycles. The van der Waals surface area contributed by atoms with Crippen LogP contribution >= 0.6 is 0 Å². The van der Waals surface area contributed by atoms with E-state index >= 15 is 0 Å². The van der Waals surface area contributed by atoms with Gasteiger partial charge in [0, 0.05) is 30.2 Å². The van der Waals surface area contributed by atoms with Gasteiger partial charge in [0.25, 0.3) is 0 Å². The number of rotatable bonds is 12. The molecule has 14 heteroatoms. The number of carbonyl (C=O) groups excluding carboxylic acids is 5. The Kier molecular flexibility index (Phi) is 13.4. The highest BCUT2D eigenvalue weighted by Gasteiger charge is 2.40. The Morgan fingerprint density at radius 1 is 0.672 bits per heavy atom. The van der Waals surface area contributed by atoms with E-state index in [0.29, 0.717) is 43.7 Å². The molecular weight excluding hydrogens is 742 g/mol. The monoisotopic (exact) mass is 797 g/mol. The van der Waals surface area contributed by atoms with Crippen LogP contribution in [0, 0.1) is 17.7 Å². The molecule has 3 aliphatic rings. The summed E-state index contributed by atoms with van der Waals surface area (Å²) in [6.07, 6.45) is 3.43. The van der Waals surface area contributed by atoms with Gasteiger partial charge < -0.3 is 41.1 Å². The zero-order valence-electron chi connectivity index (χ0n) is 34.0. The number of methoxy groups -OCH3 is 1. The van der Waals surface area contributed by atoms with Crippen LogP contribution in [0.2, 0.25) is 0 Å². The van der Waals surface area contributed by atoms with Crippen molar-refractivity contribution >= 4 is 46.8 Å². The summed E-state index contributed by atoms with van der Waals surface area (Å²) >= 11 is 0. The highest BCUT2D eigenvalue weighted by molar-refractivity contribution is 5.99. The number of halogens is 1. The van der Waals surface area contributed by atoms with Gasteiger partial charge in [-0.05, 0) is 110 Å². The first kappa shape index (κ1) is 42.1. The summed E-state index contributed by atoms with van der Waals surface area (Å²) in [6, 6.07) is 19.1. The maximum absolute atomic E-state index is 14.1. The minimum atomic E-state index is -0.820. The van der Waals surface area contributed by atoms with E-state index in [9.17, 15) is 28.4 Å². The Morgan fingerprint density at radius 2 is 1.14 bits per heavy atom. The minimum Gasteiger partial charge on any atom is -0.453 e. The van der Waals surface area contributed by atoms with E-state index in [-0.39, 0.29) is 53.4 Å². The predicted molar refractivity (Wildman–Crippen MR) is 220 cm³/mol. The maximum atomic E-state index is 14.1. The molecule has 6 atom stereocenters. The zero-order valence-corrected chi connectivity index (χ0v) is 34.0. The summed E-state index contributed by atoms with van der Waals surface area (Å²) in [6.45, 7) is 8.37. The van der Waals surface area contributed by atoms with E-state index in [1.807, 2.05) is 76.2 Å². The maximum Gasteiger partial charge on any atom is 0.407 e. The average molecular weight is 798 g/mol. The molecule has 0 aliphatic carbocycles. The van der Waals surface area contributed by atoms with Gasteiger partial charge in [-0.15, -0.1) is 0 Å². The van der Waals surface area contributed by atoms with Crippen molar-refractivity contribution in [2.75, 3.05) is 35.7 Å². The Morgan fingerprint density at radius 3 is 1.57 bits per heavy atom. The molecule has 3 saturated heterocycles. The van der Waals surface area contributed by atoms with Crippen molar-refractivity contribution in [3.63, 3.8) is 0 Å². The van der Waals surface area contributed by atoms with E-state index in [1.54, 1.807) is 21.9 Å². The SMILES string of the molecule is COC(=O)N[C@H](C(=O)N1CCC[C@H]1C(=O)Nc1ccc([C@H]2CC[C@H](c3ccc(NC(=O)[C@@H]4CCCN4C(=O)[C@@H](N)C(C)C)cc3)N2c2ccc(F)cc2)cc1)C(C)C. The van der Waals surface area contributed by atoms with Gasteiger partial charge in [-0.25, -0.2) is 9.18 Å². The molecule has 3 aromatic carbocycles. The van der Waals surface area contributed by atoms with Crippen LogP contribution in [0.5, 0.6) is 0 Å². The standard InChI is InChI=1S/C44H56FN7O6/c1-26(2)38(46)42(55)50-24-6-8-36(50)40(53)47-31-16-10-28(11-17-31)34-22-23-35(52(34)33-20-14-30(45)15-21-33)29-12-18-32(19-13-29)48-41(54)37-9-7-25-51(37)43(56)39(27(3)4)49-44(57)58-5/h10-21,26-27,34-39H,6-9,22-25,46H2,1-5H3,(H,47,53)(H,48,54)(H,49,57)/t34-,35-,36+,37+,38+,39+/m1/s1.